The molecule has 0 heterocycles. The van der Waals surface area contributed by atoms with Gasteiger partial charge in [-0.15, -0.1) is 0 Å². The molecule has 5 heteroatoms. The number of halogens is 1. The van der Waals surface area contributed by atoms with Crippen LogP contribution in [0.1, 0.15) is 16.7 Å². The summed E-state index contributed by atoms with van der Waals surface area (Å²) in [5.74, 6) is 0.363. The second-order valence-electron chi connectivity index (χ2n) is 5.35. The molecule has 0 aromatic heterocycles. The molecule has 1 amide bonds. The van der Waals surface area contributed by atoms with E-state index in [4.69, 9.17) is 4.74 Å². The lowest BCUT2D eigenvalue weighted by molar-refractivity contribution is -0.123. The van der Waals surface area contributed by atoms with Crippen LogP contribution in [0.3, 0.4) is 0 Å². The number of hydrazone groups is 1. The fourth-order valence-electron chi connectivity index (χ4n) is 2.11. The summed E-state index contributed by atoms with van der Waals surface area (Å²) >= 11 is 3.39. The van der Waals surface area contributed by atoms with Gasteiger partial charge in [0.2, 0.25) is 0 Å². The van der Waals surface area contributed by atoms with Gasteiger partial charge in [0.05, 0.1) is 6.21 Å². The van der Waals surface area contributed by atoms with Crippen molar-refractivity contribution < 1.29 is 9.53 Å². The topological polar surface area (TPSA) is 50.7 Å². The van der Waals surface area contributed by atoms with E-state index in [0.717, 1.165) is 21.2 Å². The maximum atomic E-state index is 11.7. The highest BCUT2D eigenvalue weighted by Gasteiger charge is 2.02. The summed E-state index contributed by atoms with van der Waals surface area (Å²) < 4.78 is 6.22. The molecule has 0 unspecified atom stereocenters. The van der Waals surface area contributed by atoms with Crippen LogP contribution in [0.15, 0.2) is 58.1 Å². The van der Waals surface area contributed by atoms with Crippen LogP contribution in [0.25, 0.3) is 6.08 Å². The maximum absolute atomic E-state index is 11.7. The molecule has 4 nitrogen and oxygen atoms in total. The number of nitrogens with zero attached hydrogens (tertiary/aromatic N) is 1. The van der Waals surface area contributed by atoms with Gasteiger partial charge in [-0.2, -0.15) is 5.10 Å². The predicted molar refractivity (Wildman–Crippen MR) is 101 cm³/mol. The van der Waals surface area contributed by atoms with E-state index < -0.39 is 0 Å². The van der Waals surface area contributed by atoms with Crippen LogP contribution in [0.2, 0.25) is 0 Å². The molecule has 0 fully saturated rings. The number of hydrogen-bond donors (Lipinski definition) is 1. The van der Waals surface area contributed by atoms with Gasteiger partial charge in [-0.05, 0) is 64.7 Å². The highest BCUT2D eigenvalue weighted by atomic mass is 79.9. The SMILES string of the molecule is Cc1cc(C)cc(OCC(=O)N/N=C/C(Br)=C/c2ccccc2)c1. The zero-order chi connectivity index (χ0) is 17.4. The lowest BCUT2D eigenvalue weighted by Gasteiger charge is -2.07. The molecule has 0 aliphatic carbocycles. The van der Waals surface area contributed by atoms with Gasteiger partial charge in [0.15, 0.2) is 6.61 Å². The van der Waals surface area contributed by atoms with Crippen LogP contribution in [-0.2, 0) is 4.79 Å². The number of aryl methyl sites for hydroxylation is 2. The number of benzene rings is 2. The minimum Gasteiger partial charge on any atom is -0.484 e. The average molecular weight is 387 g/mol. The van der Waals surface area contributed by atoms with Crippen LogP contribution in [0, 0.1) is 13.8 Å². The number of carbonyl (C=O) groups excluding carboxylic acids is 1. The Morgan fingerprint density at radius 1 is 1.17 bits per heavy atom. The van der Waals surface area contributed by atoms with Gasteiger partial charge in [-0.1, -0.05) is 36.4 Å². The largest absolute Gasteiger partial charge is 0.484 e. The monoisotopic (exact) mass is 386 g/mol. The third kappa shape index (κ3) is 6.38. The Hall–Kier alpha value is -2.40. The van der Waals surface area contributed by atoms with Crippen LogP contribution in [0.5, 0.6) is 5.75 Å². The number of rotatable bonds is 6. The van der Waals surface area contributed by atoms with Crippen molar-refractivity contribution in [1.82, 2.24) is 5.43 Å². The third-order valence-electron chi connectivity index (χ3n) is 3.05. The average Bonchev–Trinajstić information content (AvgIpc) is 2.53. The first-order valence-corrected chi connectivity index (χ1v) is 8.27. The number of amides is 1. The Labute approximate surface area is 150 Å². The van der Waals surface area contributed by atoms with Gasteiger partial charge < -0.3 is 4.74 Å². The first kappa shape index (κ1) is 17.9. The molecular formula is C19H19BrN2O2. The van der Waals surface area contributed by atoms with Crippen LogP contribution < -0.4 is 10.2 Å². The van der Waals surface area contributed by atoms with Crippen molar-refractivity contribution in [2.45, 2.75) is 13.8 Å². The summed E-state index contributed by atoms with van der Waals surface area (Å²) in [6.07, 6.45) is 3.43. The van der Waals surface area contributed by atoms with Gasteiger partial charge in [-0.3, -0.25) is 4.79 Å². The fraction of sp³-hybridized carbons (Fsp3) is 0.158. The number of allylic oxidation sites excluding steroid dienone is 1. The molecular weight excluding hydrogens is 368 g/mol. The quantitative estimate of drug-likeness (QED) is 0.596. The fourth-order valence-corrected chi connectivity index (χ4v) is 2.48. The van der Waals surface area contributed by atoms with Crippen molar-refractivity contribution in [3.63, 3.8) is 0 Å². The summed E-state index contributed by atoms with van der Waals surface area (Å²) in [6.45, 7) is 3.89. The predicted octanol–water partition coefficient (Wildman–Crippen LogP) is 4.22. The normalized spacial score (nSPS) is 11.5. The molecule has 0 saturated carbocycles. The highest BCUT2D eigenvalue weighted by molar-refractivity contribution is 9.12. The molecule has 0 saturated heterocycles. The zero-order valence-corrected chi connectivity index (χ0v) is 15.2. The summed E-state index contributed by atoms with van der Waals surface area (Å²) in [6, 6.07) is 15.6. The van der Waals surface area contributed by atoms with Crippen molar-refractivity contribution in [1.29, 1.82) is 0 Å². The lowest BCUT2D eigenvalue weighted by Crippen LogP contribution is -2.24. The number of hydrogen-bond acceptors (Lipinski definition) is 3. The lowest BCUT2D eigenvalue weighted by atomic mass is 10.1. The van der Waals surface area contributed by atoms with Gasteiger partial charge in [0, 0.05) is 4.48 Å². The van der Waals surface area contributed by atoms with Gasteiger partial charge >= 0.3 is 0 Å². The van der Waals surface area contributed by atoms with Gasteiger partial charge in [0.25, 0.3) is 5.91 Å². The smallest absolute Gasteiger partial charge is 0.277 e. The first-order valence-electron chi connectivity index (χ1n) is 7.48. The van der Waals surface area contributed by atoms with E-state index in [1.165, 1.54) is 6.21 Å². The van der Waals surface area contributed by atoms with Crippen molar-refractivity contribution in [3.8, 4) is 5.75 Å². The molecule has 0 aliphatic heterocycles. The van der Waals surface area contributed by atoms with Crippen molar-refractivity contribution >= 4 is 34.1 Å². The molecule has 0 aliphatic rings. The van der Waals surface area contributed by atoms with Crippen molar-refractivity contribution in [3.05, 3.63) is 69.7 Å². The second-order valence-corrected chi connectivity index (χ2v) is 6.26. The molecule has 0 atom stereocenters. The highest BCUT2D eigenvalue weighted by Crippen LogP contribution is 2.16. The van der Waals surface area contributed by atoms with E-state index in [-0.39, 0.29) is 12.5 Å². The summed E-state index contributed by atoms with van der Waals surface area (Å²) in [5.41, 5.74) is 5.67. The van der Waals surface area contributed by atoms with Crippen molar-refractivity contribution in [2.24, 2.45) is 5.10 Å². The van der Waals surface area contributed by atoms with Crippen LogP contribution in [-0.4, -0.2) is 18.7 Å². The van der Waals surface area contributed by atoms with E-state index in [2.05, 4.69) is 26.5 Å². The van der Waals surface area contributed by atoms with Crippen molar-refractivity contribution in [2.75, 3.05) is 6.61 Å². The third-order valence-corrected chi connectivity index (χ3v) is 3.48. The van der Waals surface area contributed by atoms with E-state index in [0.29, 0.717) is 5.75 Å². The Kier molecular flexibility index (Phi) is 6.75. The molecule has 0 spiro atoms. The van der Waals surface area contributed by atoms with Crippen LogP contribution in [0.4, 0.5) is 0 Å². The summed E-state index contributed by atoms with van der Waals surface area (Å²) in [7, 11) is 0. The van der Waals surface area contributed by atoms with E-state index in [1.54, 1.807) is 0 Å². The zero-order valence-electron chi connectivity index (χ0n) is 13.6. The Bertz CT molecular complexity index is 735. The summed E-state index contributed by atoms with van der Waals surface area (Å²) in [4.78, 5) is 11.7. The summed E-state index contributed by atoms with van der Waals surface area (Å²) in [5, 5.41) is 3.90. The minimum absolute atomic E-state index is 0.0831. The molecule has 0 bridgehead atoms. The first-order chi connectivity index (χ1) is 11.5. The van der Waals surface area contributed by atoms with E-state index >= 15 is 0 Å². The number of ether oxygens (including phenoxy) is 1. The maximum Gasteiger partial charge on any atom is 0.277 e. The Morgan fingerprint density at radius 2 is 1.83 bits per heavy atom. The van der Waals surface area contributed by atoms with E-state index in [1.807, 2.05) is 68.5 Å². The molecule has 1 N–H and O–H groups in total. The number of nitrogens with one attached hydrogen (secondary N) is 1. The molecule has 2 rings (SSSR count). The molecule has 124 valence electrons. The molecule has 2 aromatic carbocycles. The second kappa shape index (κ2) is 9.03. The molecule has 24 heavy (non-hydrogen) atoms. The number of carbonyl (C=O) groups is 1. The minimum atomic E-state index is -0.314. The Morgan fingerprint density at radius 3 is 2.50 bits per heavy atom. The molecule has 0 radical (unpaired) electrons. The van der Waals surface area contributed by atoms with Gasteiger partial charge in [0.1, 0.15) is 5.75 Å². The van der Waals surface area contributed by atoms with Crippen LogP contribution >= 0.6 is 15.9 Å². The van der Waals surface area contributed by atoms with E-state index in [9.17, 15) is 4.79 Å². The molecule has 2 aromatic rings. The standard InChI is InChI=1S/C19H19BrN2O2/c1-14-8-15(2)10-18(9-14)24-13-19(23)22-21-12-17(20)11-16-6-4-3-5-7-16/h3-12H,13H2,1-2H3,(H,22,23)/b17-11-,21-12+. The van der Waals surface area contributed by atoms with Gasteiger partial charge in [-0.25, -0.2) is 5.43 Å². The Balaban J connectivity index is 1.81.